The van der Waals surface area contributed by atoms with Crippen molar-refractivity contribution >= 4 is 6.08 Å². The maximum atomic E-state index is 12.2. The van der Waals surface area contributed by atoms with Gasteiger partial charge in [-0.25, -0.2) is 4.79 Å². The minimum absolute atomic E-state index is 0.251. The Morgan fingerprint density at radius 3 is 2.75 bits per heavy atom. The van der Waals surface area contributed by atoms with Crippen LogP contribution in [0.2, 0.25) is 0 Å². The maximum Gasteiger partial charge on any atom is 0.333 e. The highest BCUT2D eigenvalue weighted by atomic mass is 16.5. The van der Waals surface area contributed by atoms with Gasteiger partial charge in [-0.3, -0.25) is 14.3 Å². The van der Waals surface area contributed by atoms with Crippen LogP contribution in [-0.2, 0) is 5.41 Å². The molecule has 0 saturated carbocycles. The van der Waals surface area contributed by atoms with E-state index >= 15 is 0 Å². The maximum absolute atomic E-state index is 12.2. The first-order valence-corrected chi connectivity index (χ1v) is 7.72. The highest BCUT2D eigenvalue weighted by molar-refractivity contribution is 5.72. The molecule has 0 unspecified atom stereocenters. The number of methoxy groups -OCH3 is 1. The van der Waals surface area contributed by atoms with Gasteiger partial charge in [0.1, 0.15) is 5.75 Å². The molecule has 0 bridgehead atoms. The molecule has 1 aromatic heterocycles. The van der Waals surface area contributed by atoms with E-state index in [-0.39, 0.29) is 5.41 Å². The van der Waals surface area contributed by atoms with Crippen LogP contribution in [0.5, 0.6) is 11.5 Å². The largest absolute Gasteiger partial charge is 0.496 e. The summed E-state index contributed by atoms with van der Waals surface area (Å²) in [5.41, 5.74) is 1.18. The smallest absolute Gasteiger partial charge is 0.333 e. The van der Waals surface area contributed by atoms with Crippen molar-refractivity contribution in [1.82, 2.24) is 9.55 Å². The van der Waals surface area contributed by atoms with E-state index < -0.39 is 11.2 Å². The first-order chi connectivity index (χ1) is 11.4. The quantitative estimate of drug-likeness (QED) is 0.938. The Morgan fingerprint density at radius 2 is 2.12 bits per heavy atom. The predicted octanol–water partition coefficient (Wildman–Crippen LogP) is 2.24. The third-order valence-electron chi connectivity index (χ3n) is 4.13. The number of hydrogen-bond donors (Lipinski definition) is 1. The molecule has 0 spiro atoms. The Hall–Kier alpha value is -2.76. The normalized spacial score (nSPS) is 15.3. The zero-order valence-corrected chi connectivity index (χ0v) is 14.2. The molecule has 24 heavy (non-hydrogen) atoms. The molecule has 126 valence electrons. The molecule has 3 rings (SSSR count). The second kappa shape index (κ2) is 5.70. The number of ether oxygens (including phenoxy) is 2. The number of rotatable bonds is 3. The van der Waals surface area contributed by atoms with Gasteiger partial charge in [0, 0.05) is 28.8 Å². The molecule has 2 heterocycles. The van der Waals surface area contributed by atoms with Gasteiger partial charge in [0.25, 0.3) is 5.56 Å². The van der Waals surface area contributed by atoms with Crippen molar-refractivity contribution in [2.24, 2.45) is 0 Å². The van der Waals surface area contributed by atoms with E-state index in [0.29, 0.717) is 18.0 Å². The summed E-state index contributed by atoms with van der Waals surface area (Å²) in [6, 6.07) is 3.15. The van der Waals surface area contributed by atoms with Gasteiger partial charge in [-0.2, -0.15) is 0 Å². The molecule has 1 N–H and O–H groups in total. The van der Waals surface area contributed by atoms with Gasteiger partial charge in [0.15, 0.2) is 5.75 Å². The minimum atomic E-state index is -0.505. The fraction of sp³-hybridized carbons (Fsp3) is 0.333. The van der Waals surface area contributed by atoms with Gasteiger partial charge < -0.3 is 9.47 Å². The number of benzene rings is 1. The van der Waals surface area contributed by atoms with Crippen molar-refractivity contribution in [3.8, 4) is 17.2 Å². The molecule has 0 atom stereocenters. The molecule has 2 aromatic rings. The molecule has 6 nitrogen and oxygen atoms in total. The average Bonchev–Trinajstić information content (AvgIpc) is 2.83. The molecule has 0 radical (unpaired) electrons. The summed E-state index contributed by atoms with van der Waals surface area (Å²) < 4.78 is 12.9. The summed E-state index contributed by atoms with van der Waals surface area (Å²) in [4.78, 5) is 25.9. The Bertz CT molecular complexity index is 935. The number of aromatic nitrogens is 2. The first-order valence-electron chi connectivity index (χ1n) is 7.72. The molecule has 0 amide bonds. The van der Waals surface area contributed by atoms with Crippen LogP contribution in [0.15, 0.2) is 34.0 Å². The van der Waals surface area contributed by atoms with Crippen LogP contribution in [0.4, 0.5) is 0 Å². The number of aromatic amines is 1. The van der Waals surface area contributed by atoms with Crippen LogP contribution in [0.3, 0.4) is 0 Å². The van der Waals surface area contributed by atoms with Crippen LogP contribution in [0, 0.1) is 0 Å². The zero-order valence-electron chi connectivity index (χ0n) is 14.2. The van der Waals surface area contributed by atoms with E-state index in [9.17, 15) is 9.59 Å². The van der Waals surface area contributed by atoms with Crippen molar-refractivity contribution in [2.45, 2.75) is 26.2 Å². The van der Waals surface area contributed by atoms with E-state index in [0.717, 1.165) is 16.9 Å². The number of allylic oxidation sites excluding steroid dienone is 1. The van der Waals surface area contributed by atoms with Crippen LogP contribution >= 0.6 is 0 Å². The lowest BCUT2D eigenvalue weighted by atomic mass is 9.84. The number of nitrogens with zero attached hydrogens (tertiary/aromatic N) is 1. The Morgan fingerprint density at radius 1 is 1.38 bits per heavy atom. The van der Waals surface area contributed by atoms with E-state index in [4.69, 9.17) is 9.47 Å². The predicted molar refractivity (Wildman–Crippen MR) is 92.4 cm³/mol. The molecule has 1 aliphatic heterocycles. The Balaban J connectivity index is 2.40. The fourth-order valence-corrected chi connectivity index (χ4v) is 3.05. The summed E-state index contributed by atoms with van der Waals surface area (Å²) in [6.07, 6.45) is 5.29. The third-order valence-corrected chi connectivity index (χ3v) is 4.13. The van der Waals surface area contributed by atoms with Crippen LogP contribution < -0.4 is 20.7 Å². The monoisotopic (exact) mass is 328 g/mol. The summed E-state index contributed by atoms with van der Waals surface area (Å²) in [5, 5.41) is 0. The van der Waals surface area contributed by atoms with Gasteiger partial charge >= 0.3 is 5.69 Å². The Labute approximate surface area is 139 Å². The van der Waals surface area contributed by atoms with Gasteiger partial charge in [-0.05, 0) is 13.0 Å². The third kappa shape index (κ3) is 2.44. The molecule has 0 aliphatic carbocycles. The lowest BCUT2D eigenvalue weighted by Gasteiger charge is -2.21. The second-order valence-electron chi connectivity index (χ2n) is 6.37. The second-order valence-corrected chi connectivity index (χ2v) is 6.37. The van der Waals surface area contributed by atoms with Crippen molar-refractivity contribution < 1.29 is 9.47 Å². The number of fused-ring (bicyclic) bond motifs is 1. The van der Waals surface area contributed by atoms with Gasteiger partial charge in [0.05, 0.1) is 19.4 Å². The van der Waals surface area contributed by atoms with E-state index in [1.54, 1.807) is 7.11 Å². The highest BCUT2D eigenvalue weighted by Crippen LogP contribution is 2.49. The van der Waals surface area contributed by atoms with Gasteiger partial charge in [-0.1, -0.05) is 26.0 Å². The van der Waals surface area contributed by atoms with Gasteiger partial charge in [0.2, 0.25) is 0 Å². The molecular weight excluding hydrogens is 308 g/mol. The lowest BCUT2D eigenvalue weighted by molar-refractivity contribution is 0.289. The molecule has 0 saturated heterocycles. The topological polar surface area (TPSA) is 73.3 Å². The summed E-state index contributed by atoms with van der Waals surface area (Å²) in [5.74, 6) is 1.35. The first kappa shape index (κ1) is 16.1. The SMILES string of the molecule is CC=Cc1cc(-n2ccc(=O)[nH]c2=O)c2c(c1OC)C(C)(C)CO2. The van der Waals surface area contributed by atoms with E-state index in [2.05, 4.69) is 18.8 Å². The highest BCUT2D eigenvalue weighted by Gasteiger charge is 2.38. The average molecular weight is 328 g/mol. The minimum Gasteiger partial charge on any atom is -0.496 e. The fourth-order valence-electron chi connectivity index (χ4n) is 3.05. The van der Waals surface area contributed by atoms with Gasteiger partial charge in [-0.15, -0.1) is 0 Å². The van der Waals surface area contributed by atoms with E-state index in [1.807, 2.05) is 25.1 Å². The zero-order chi connectivity index (χ0) is 17.5. The van der Waals surface area contributed by atoms with Crippen LogP contribution in [-0.4, -0.2) is 23.3 Å². The van der Waals surface area contributed by atoms with E-state index in [1.165, 1.54) is 16.8 Å². The number of nitrogens with one attached hydrogen (secondary N) is 1. The van der Waals surface area contributed by atoms with Crippen LogP contribution in [0.25, 0.3) is 11.8 Å². The van der Waals surface area contributed by atoms with Crippen molar-refractivity contribution in [3.63, 3.8) is 0 Å². The van der Waals surface area contributed by atoms with Crippen molar-refractivity contribution in [3.05, 3.63) is 56.4 Å². The summed E-state index contributed by atoms with van der Waals surface area (Å²) in [6.45, 7) is 6.55. The summed E-state index contributed by atoms with van der Waals surface area (Å²) >= 11 is 0. The standard InChI is InChI=1S/C18H20N2O4/c1-5-6-11-9-12(20-8-7-13(21)19-17(20)22)16-14(15(11)23-4)18(2,3)10-24-16/h5-9H,10H2,1-4H3,(H,19,21,22). The van der Waals surface area contributed by atoms with Crippen LogP contribution in [0.1, 0.15) is 31.9 Å². The van der Waals surface area contributed by atoms with Crippen molar-refractivity contribution in [1.29, 1.82) is 0 Å². The molecule has 0 fully saturated rings. The lowest BCUT2D eigenvalue weighted by Crippen LogP contribution is -2.27. The Kier molecular flexibility index (Phi) is 3.83. The number of hydrogen-bond acceptors (Lipinski definition) is 4. The number of H-pyrrole nitrogens is 1. The summed E-state index contributed by atoms with van der Waals surface area (Å²) in [7, 11) is 1.63. The molecule has 1 aromatic carbocycles. The van der Waals surface area contributed by atoms with Crippen molar-refractivity contribution in [2.75, 3.05) is 13.7 Å². The molecular formula is C18H20N2O4. The molecule has 6 heteroatoms. The molecule has 1 aliphatic rings.